The molecule has 0 aromatic rings. The SMILES string of the molecule is Cl.NC[C@H](O)C(=O)O. The highest BCUT2D eigenvalue weighted by molar-refractivity contribution is 5.85. The van der Waals surface area contributed by atoms with Crippen molar-refractivity contribution < 1.29 is 15.0 Å². The molecule has 50 valence electrons. The second kappa shape index (κ2) is 4.83. The van der Waals surface area contributed by atoms with Crippen molar-refractivity contribution in [1.29, 1.82) is 0 Å². The molecule has 8 heavy (non-hydrogen) atoms. The standard InChI is InChI=1S/C3H7NO3.ClH/c4-1-2(5)3(6)7;/h2,5H,1,4H2,(H,6,7);1H/t2-;/m0./s1. The smallest absolute Gasteiger partial charge is 0.333 e. The maximum Gasteiger partial charge on any atom is 0.333 e. The third-order valence-electron chi connectivity index (χ3n) is 0.508. The molecule has 5 heteroatoms. The van der Waals surface area contributed by atoms with Gasteiger partial charge >= 0.3 is 5.97 Å². The van der Waals surface area contributed by atoms with Crippen LogP contribution in [0.5, 0.6) is 0 Å². The number of nitrogens with two attached hydrogens (primary N) is 1. The van der Waals surface area contributed by atoms with Crippen molar-refractivity contribution in [3.63, 3.8) is 0 Å². The van der Waals surface area contributed by atoms with Crippen LogP contribution in [0.2, 0.25) is 0 Å². The van der Waals surface area contributed by atoms with Crippen LogP contribution in [0.25, 0.3) is 0 Å². The van der Waals surface area contributed by atoms with Crippen LogP contribution in [0.3, 0.4) is 0 Å². The third-order valence-corrected chi connectivity index (χ3v) is 0.508. The molecule has 0 unspecified atom stereocenters. The van der Waals surface area contributed by atoms with Crippen LogP contribution >= 0.6 is 12.4 Å². The fourth-order valence-electron chi connectivity index (χ4n) is 0.101. The molecule has 0 aliphatic heterocycles. The van der Waals surface area contributed by atoms with Crippen LogP contribution in [-0.4, -0.2) is 28.8 Å². The van der Waals surface area contributed by atoms with Crippen LogP contribution in [0.4, 0.5) is 0 Å². The minimum atomic E-state index is -1.40. The lowest BCUT2D eigenvalue weighted by Gasteiger charge is -1.96. The zero-order valence-corrected chi connectivity index (χ0v) is 4.89. The average Bonchev–Trinajstić information content (AvgIpc) is 1.65. The molecule has 0 aliphatic carbocycles. The molecule has 0 aliphatic rings. The monoisotopic (exact) mass is 141 g/mol. The summed E-state index contributed by atoms with van der Waals surface area (Å²) < 4.78 is 0. The lowest BCUT2D eigenvalue weighted by molar-refractivity contribution is -0.145. The summed E-state index contributed by atoms with van der Waals surface area (Å²) in [5.74, 6) is -1.28. The van der Waals surface area contributed by atoms with E-state index in [4.69, 9.17) is 15.9 Å². The number of carbonyl (C=O) groups is 1. The summed E-state index contributed by atoms with van der Waals surface area (Å²) in [4.78, 5) is 9.60. The summed E-state index contributed by atoms with van der Waals surface area (Å²) in [6, 6.07) is 0. The average molecular weight is 142 g/mol. The van der Waals surface area contributed by atoms with Gasteiger partial charge in [0.1, 0.15) is 0 Å². The highest BCUT2D eigenvalue weighted by Gasteiger charge is 2.07. The van der Waals surface area contributed by atoms with Crippen molar-refractivity contribution >= 4 is 18.4 Å². The minimum Gasteiger partial charge on any atom is -0.479 e. The van der Waals surface area contributed by atoms with Crippen molar-refractivity contribution in [1.82, 2.24) is 0 Å². The molecule has 4 nitrogen and oxygen atoms in total. The zero-order valence-electron chi connectivity index (χ0n) is 4.07. The van der Waals surface area contributed by atoms with E-state index in [1.54, 1.807) is 0 Å². The summed E-state index contributed by atoms with van der Waals surface area (Å²) in [5.41, 5.74) is 4.74. The Morgan fingerprint density at radius 1 is 1.75 bits per heavy atom. The first-order valence-corrected chi connectivity index (χ1v) is 1.79. The van der Waals surface area contributed by atoms with Gasteiger partial charge in [-0.3, -0.25) is 0 Å². The number of hydrogen-bond acceptors (Lipinski definition) is 3. The zero-order chi connectivity index (χ0) is 5.86. The quantitative estimate of drug-likeness (QED) is 0.452. The highest BCUT2D eigenvalue weighted by atomic mass is 35.5. The lowest BCUT2D eigenvalue weighted by atomic mass is 10.4. The fourth-order valence-corrected chi connectivity index (χ4v) is 0.101. The Kier molecular flexibility index (Phi) is 6.41. The van der Waals surface area contributed by atoms with E-state index in [0.29, 0.717) is 0 Å². The van der Waals surface area contributed by atoms with Crippen molar-refractivity contribution in [2.24, 2.45) is 5.73 Å². The van der Waals surface area contributed by atoms with Crippen molar-refractivity contribution in [3.8, 4) is 0 Å². The molecule has 0 heterocycles. The number of carboxylic acids is 1. The fraction of sp³-hybridized carbons (Fsp3) is 0.667. The van der Waals surface area contributed by atoms with Gasteiger partial charge in [-0.15, -0.1) is 12.4 Å². The summed E-state index contributed by atoms with van der Waals surface area (Å²) in [7, 11) is 0. The summed E-state index contributed by atoms with van der Waals surface area (Å²) in [6.45, 7) is -0.227. The van der Waals surface area contributed by atoms with E-state index >= 15 is 0 Å². The van der Waals surface area contributed by atoms with E-state index in [1.165, 1.54) is 0 Å². The van der Waals surface area contributed by atoms with Crippen molar-refractivity contribution in [3.05, 3.63) is 0 Å². The van der Waals surface area contributed by atoms with Gasteiger partial charge in [0.15, 0.2) is 6.10 Å². The number of halogens is 1. The number of hydrogen-bond donors (Lipinski definition) is 3. The lowest BCUT2D eigenvalue weighted by Crippen LogP contribution is -2.28. The normalized spacial score (nSPS) is 11.8. The Bertz CT molecular complexity index is 76.9. The summed E-state index contributed by atoms with van der Waals surface area (Å²) in [6.07, 6.45) is -1.40. The van der Waals surface area contributed by atoms with Crippen LogP contribution in [0, 0.1) is 0 Å². The first kappa shape index (κ1) is 10.6. The maximum atomic E-state index is 9.60. The number of rotatable bonds is 2. The molecule has 0 saturated carbocycles. The van der Waals surface area contributed by atoms with E-state index in [9.17, 15) is 4.79 Å². The van der Waals surface area contributed by atoms with E-state index in [1.807, 2.05) is 0 Å². The number of aliphatic hydroxyl groups excluding tert-OH is 1. The van der Waals surface area contributed by atoms with Gasteiger partial charge in [-0.05, 0) is 0 Å². The van der Waals surface area contributed by atoms with Gasteiger partial charge in [-0.25, -0.2) is 4.79 Å². The van der Waals surface area contributed by atoms with E-state index in [2.05, 4.69) is 0 Å². The Morgan fingerprint density at radius 3 is 2.12 bits per heavy atom. The Balaban J connectivity index is 0. The predicted molar refractivity (Wildman–Crippen MR) is 29.9 cm³/mol. The number of aliphatic hydroxyl groups is 1. The number of aliphatic carboxylic acids is 1. The van der Waals surface area contributed by atoms with Crippen LogP contribution in [0.1, 0.15) is 0 Å². The molecule has 0 fully saturated rings. The molecule has 4 N–H and O–H groups in total. The summed E-state index contributed by atoms with van der Waals surface area (Å²) >= 11 is 0. The molecule has 0 bridgehead atoms. The first-order chi connectivity index (χ1) is 3.18. The third kappa shape index (κ3) is 3.86. The molecule has 0 radical (unpaired) electrons. The minimum absolute atomic E-state index is 0. The van der Waals surface area contributed by atoms with Crippen LogP contribution < -0.4 is 5.73 Å². The van der Waals surface area contributed by atoms with Crippen LogP contribution in [-0.2, 0) is 4.79 Å². The van der Waals surface area contributed by atoms with Gasteiger partial charge < -0.3 is 15.9 Å². The largest absolute Gasteiger partial charge is 0.479 e. The Labute approximate surface area is 52.7 Å². The molecule has 0 spiro atoms. The molecular formula is C3H8ClNO3. The van der Waals surface area contributed by atoms with Gasteiger partial charge in [0.2, 0.25) is 0 Å². The van der Waals surface area contributed by atoms with Crippen molar-refractivity contribution in [2.45, 2.75) is 6.10 Å². The molecular weight excluding hydrogens is 133 g/mol. The molecule has 1 atom stereocenters. The highest BCUT2D eigenvalue weighted by Crippen LogP contribution is 1.73. The second-order valence-electron chi connectivity index (χ2n) is 1.09. The molecule has 0 aromatic carbocycles. The maximum absolute atomic E-state index is 9.60. The molecule has 0 aromatic heterocycles. The van der Waals surface area contributed by atoms with E-state index < -0.39 is 12.1 Å². The molecule has 0 amide bonds. The molecule has 0 rings (SSSR count). The van der Waals surface area contributed by atoms with Gasteiger partial charge in [-0.1, -0.05) is 0 Å². The van der Waals surface area contributed by atoms with Crippen molar-refractivity contribution in [2.75, 3.05) is 6.54 Å². The summed E-state index contributed by atoms with van der Waals surface area (Å²) in [5, 5.41) is 16.1. The molecule has 0 saturated heterocycles. The Morgan fingerprint density at radius 2 is 2.12 bits per heavy atom. The predicted octanol–water partition coefficient (Wildman–Crippen LogP) is -1.19. The van der Waals surface area contributed by atoms with Crippen LogP contribution in [0.15, 0.2) is 0 Å². The van der Waals surface area contributed by atoms with Gasteiger partial charge in [0.05, 0.1) is 0 Å². The topological polar surface area (TPSA) is 83.5 Å². The second-order valence-corrected chi connectivity index (χ2v) is 1.09. The van der Waals surface area contributed by atoms with E-state index in [0.717, 1.165) is 0 Å². The van der Waals surface area contributed by atoms with E-state index in [-0.39, 0.29) is 19.0 Å². The van der Waals surface area contributed by atoms with Gasteiger partial charge in [0, 0.05) is 6.54 Å². The van der Waals surface area contributed by atoms with Gasteiger partial charge in [-0.2, -0.15) is 0 Å². The number of carboxylic acid groups (broad SMARTS) is 1. The Hall–Kier alpha value is -0.320. The van der Waals surface area contributed by atoms with Gasteiger partial charge in [0.25, 0.3) is 0 Å². The first-order valence-electron chi connectivity index (χ1n) is 1.79.